The molecule has 0 saturated carbocycles. The second-order valence-corrected chi connectivity index (χ2v) is 6.26. The van der Waals surface area contributed by atoms with Gasteiger partial charge in [-0.2, -0.15) is 5.10 Å². The third-order valence-corrected chi connectivity index (χ3v) is 4.21. The fraction of sp³-hybridized carbons (Fsp3) is 0. The van der Waals surface area contributed by atoms with Gasteiger partial charge in [0.2, 0.25) is 10.0 Å². The summed E-state index contributed by atoms with van der Waals surface area (Å²) in [5.74, 6) is 0.0975. The zero-order valence-electron chi connectivity index (χ0n) is 11.4. The van der Waals surface area contributed by atoms with Crippen molar-refractivity contribution >= 4 is 10.0 Å². The lowest BCUT2D eigenvalue weighted by molar-refractivity contribution is 0.477. The van der Waals surface area contributed by atoms with E-state index in [1.807, 2.05) is 0 Å². The molecule has 1 heterocycles. The van der Waals surface area contributed by atoms with E-state index < -0.39 is 10.0 Å². The number of aromatic hydroxyl groups is 1. The quantitative estimate of drug-likeness (QED) is 0.687. The normalized spacial score (nSPS) is 11.5. The Labute approximate surface area is 127 Å². The molecule has 0 aliphatic heterocycles. The Kier molecular flexibility index (Phi) is 3.44. The number of nitrogens with zero attached hydrogens (tertiary/aromatic N) is 1. The molecular formula is C15H13N3O3S. The lowest BCUT2D eigenvalue weighted by atomic mass is 10.1. The summed E-state index contributed by atoms with van der Waals surface area (Å²) in [6.07, 6.45) is 0. The minimum absolute atomic E-state index is 0.0162. The van der Waals surface area contributed by atoms with E-state index in [4.69, 9.17) is 5.14 Å². The van der Waals surface area contributed by atoms with Crippen molar-refractivity contribution in [2.45, 2.75) is 4.90 Å². The number of hydrogen-bond acceptors (Lipinski definition) is 4. The van der Waals surface area contributed by atoms with Gasteiger partial charge in [0.15, 0.2) is 0 Å². The number of nitrogens with one attached hydrogen (secondary N) is 1. The second kappa shape index (κ2) is 5.28. The zero-order valence-corrected chi connectivity index (χ0v) is 12.2. The molecule has 0 spiro atoms. The Morgan fingerprint density at radius 2 is 1.64 bits per heavy atom. The molecule has 6 nitrogen and oxygen atoms in total. The first-order chi connectivity index (χ1) is 10.5. The van der Waals surface area contributed by atoms with Gasteiger partial charge in [0.05, 0.1) is 16.3 Å². The van der Waals surface area contributed by atoms with Gasteiger partial charge in [0.1, 0.15) is 5.75 Å². The third kappa shape index (κ3) is 2.59. The van der Waals surface area contributed by atoms with Crippen LogP contribution in [0.4, 0.5) is 0 Å². The number of benzene rings is 2. The standard InChI is InChI=1S/C15H13N3O3S/c16-22(20,21)15-8-4-2-6-11(15)13-9-12(17-18-13)10-5-1-3-7-14(10)19/h1-9,19H,(H,17,18)(H2,16,20,21). The van der Waals surface area contributed by atoms with Crippen LogP contribution in [-0.2, 0) is 10.0 Å². The summed E-state index contributed by atoms with van der Waals surface area (Å²) in [6.45, 7) is 0. The maximum Gasteiger partial charge on any atom is 0.238 e. The Hall–Kier alpha value is -2.64. The molecule has 0 atom stereocenters. The molecule has 7 heteroatoms. The van der Waals surface area contributed by atoms with Crippen molar-refractivity contribution in [3.8, 4) is 28.3 Å². The summed E-state index contributed by atoms with van der Waals surface area (Å²) in [5.41, 5.74) is 2.00. The minimum atomic E-state index is -3.84. The van der Waals surface area contributed by atoms with Crippen LogP contribution in [0, 0.1) is 0 Å². The van der Waals surface area contributed by atoms with E-state index in [-0.39, 0.29) is 10.6 Å². The predicted molar refractivity (Wildman–Crippen MR) is 82.5 cm³/mol. The fourth-order valence-corrected chi connectivity index (χ4v) is 2.98. The molecule has 0 aliphatic carbocycles. The van der Waals surface area contributed by atoms with Crippen molar-refractivity contribution in [3.63, 3.8) is 0 Å². The highest BCUT2D eigenvalue weighted by atomic mass is 32.2. The van der Waals surface area contributed by atoms with Crippen LogP contribution in [0.1, 0.15) is 0 Å². The molecule has 0 aliphatic rings. The molecule has 3 rings (SSSR count). The van der Waals surface area contributed by atoms with Crippen LogP contribution in [0.15, 0.2) is 59.5 Å². The average molecular weight is 315 g/mol. The SMILES string of the molecule is NS(=O)(=O)c1ccccc1-c1cc(-c2ccccc2O)n[nH]1. The molecular weight excluding hydrogens is 302 g/mol. The highest BCUT2D eigenvalue weighted by Gasteiger charge is 2.17. The number of hydrogen-bond donors (Lipinski definition) is 3. The number of aromatic nitrogens is 2. The summed E-state index contributed by atoms with van der Waals surface area (Å²) in [6, 6.07) is 14.8. The van der Waals surface area contributed by atoms with Gasteiger partial charge >= 0.3 is 0 Å². The van der Waals surface area contributed by atoms with E-state index in [2.05, 4.69) is 10.2 Å². The fourth-order valence-electron chi connectivity index (χ4n) is 2.23. The number of rotatable bonds is 3. The van der Waals surface area contributed by atoms with Crippen molar-refractivity contribution < 1.29 is 13.5 Å². The van der Waals surface area contributed by atoms with Crippen LogP contribution in [0.5, 0.6) is 5.75 Å². The summed E-state index contributed by atoms with van der Waals surface area (Å²) in [7, 11) is -3.84. The maximum absolute atomic E-state index is 11.7. The molecule has 2 aromatic carbocycles. The number of aromatic amines is 1. The van der Waals surface area contributed by atoms with E-state index in [0.717, 1.165) is 0 Å². The highest BCUT2D eigenvalue weighted by molar-refractivity contribution is 7.89. The van der Waals surface area contributed by atoms with Crippen molar-refractivity contribution in [1.82, 2.24) is 10.2 Å². The second-order valence-electron chi connectivity index (χ2n) is 4.73. The van der Waals surface area contributed by atoms with Crippen LogP contribution in [0.3, 0.4) is 0 Å². The molecule has 0 fully saturated rings. The predicted octanol–water partition coefficient (Wildman–Crippen LogP) is 2.10. The van der Waals surface area contributed by atoms with E-state index in [0.29, 0.717) is 22.5 Å². The lowest BCUT2D eigenvalue weighted by Crippen LogP contribution is -2.13. The van der Waals surface area contributed by atoms with Crippen molar-refractivity contribution in [2.24, 2.45) is 5.14 Å². The van der Waals surface area contributed by atoms with Gasteiger partial charge < -0.3 is 5.11 Å². The van der Waals surface area contributed by atoms with Gasteiger partial charge in [-0.1, -0.05) is 30.3 Å². The zero-order chi connectivity index (χ0) is 15.7. The Bertz CT molecular complexity index is 932. The number of phenolic OH excluding ortho intramolecular Hbond substituents is 1. The number of phenols is 1. The Morgan fingerprint density at radius 1 is 1.00 bits per heavy atom. The minimum Gasteiger partial charge on any atom is -0.507 e. The van der Waals surface area contributed by atoms with Crippen LogP contribution < -0.4 is 5.14 Å². The first kappa shape index (κ1) is 14.3. The van der Waals surface area contributed by atoms with Gasteiger partial charge in [-0.05, 0) is 24.3 Å². The smallest absolute Gasteiger partial charge is 0.238 e. The van der Waals surface area contributed by atoms with E-state index in [9.17, 15) is 13.5 Å². The number of para-hydroxylation sites is 1. The van der Waals surface area contributed by atoms with Gasteiger partial charge in [-0.25, -0.2) is 13.6 Å². The van der Waals surface area contributed by atoms with Crippen LogP contribution in [0.25, 0.3) is 22.5 Å². The maximum atomic E-state index is 11.7. The van der Waals surface area contributed by atoms with Crippen LogP contribution in [0.2, 0.25) is 0 Å². The summed E-state index contributed by atoms with van der Waals surface area (Å²) >= 11 is 0. The molecule has 0 amide bonds. The highest BCUT2D eigenvalue weighted by Crippen LogP contribution is 2.31. The van der Waals surface area contributed by atoms with E-state index in [1.165, 1.54) is 6.07 Å². The molecule has 0 bridgehead atoms. The van der Waals surface area contributed by atoms with E-state index in [1.54, 1.807) is 48.5 Å². The van der Waals surface area contributed by atoms with Crippen LogP contribution >= 0.6 is 0 Å². The monoisotopic (exact) mass is 315 g/mol. The number of primary sulfonamides is 1. The number of H-pyrrole nitrogens is 1. The third-order valence-electron chi connectivity index (χ3n) is 3.24. The van der Waals surface area contributed by atoms with Gasteiger partial charge in [-0.15, -0.1) is 0 Å². The largest absolute Gasteiger partial charge is 0.507 e. The topological polar surface area (TPSA) is 109 Å². The summed E-state index contributed by atoms with van der Waals surface area (Å²) in [4.78, 5) is 0.0162. The number of nitrogens with two attached hydrogens (primary N) is 1. The Morgan fingerprint density at radius 3 is 2.32 bits per heavy atom. The van der Waals surface area contributed by atoms with Crippen LogP contribution in [-0.4, -0.2) is 23.7 Å². The van der Waals surface area contributed by atoms with E-state index >= 15 is 0 Å². The molecule has 0 radical (unpaired) electrons. The summed E-state index contributed by atoms with van der Waals surface area (Å²) < 4.78 is 23.3. The molecule has 22 heavy (non-hydrogen) atoms. The molecule has 1 aromatic heterocycles. The Balaban J connectivity index is 2.12. The van der Waals surface area contributed by atoms with Crippen molar-refractivity contribution in [2.75, 3.05) is 0 Å². The lowest BCUT2D eigenvalue weighted by Gasteiger charge is -2.04. The van der Waals surface area contributed by atoms with Crippen molar-refractivity contribution in [1.29, 1.82) is 0 Å². The molecule has 0 unspecified atom stereocenters. The molecule has 112 valence electrons. The average Bonchev–Trinajstić information content (AvgIpc) is 2.96. The van der Waals surface area contributed by atoms with Gasteiger partial charge in [-0.3, -0.25) is 5.10 Å². The molecule has 0 saturated heterocycles. The first-order valence-electron chi connectivity index (χ1n) is 6.43. The molecule has 4 N–H and O–H groups in total. The van der Waals surface area contributed by atoms with Gasteiger partial charge in [0, 0.05) is 11.1 Å². The molecule has 3 aromatic rings. The van der Waals surface area contributed by atoms with Crippen molar-refractivity contribution in [3.05, 3.63) is 54.6 Å². The van der Waals surface area contributed by atoms with Gasteiger partial charge in [0.25, 0.3) is 0 Å². The first-order valence-corrected chi connectivity index (χ1v) is 7.97. The summed E-state index contributed by atoms with van der Waals surface area (Å²) in [5, 5.41) is 22.0. The number of sulfonamides is 1.